The Labute approximate surface area is 125 Å². The van der Waals surface area contributed by atoms with Crippen molar-refractivity contribution in [2.45, 2.75) is 26.2 Å². The molecular weight excluding hydrogens is 264 g/mol. The number of nitro benzene ring substituents is 1. The van der Waals surface area contributed by atoms with Crippen LogP contribution in [0.15, 0.2) is 48.5 Å². The standard InChI is InChI=1S/C17H20N2O2/c1-13-9-10-15(19(20)21)11-16(13)18-12-17(2,3)14-7-5-4-6-8-14/h4-11,18H,12H2,1-3H3. The quantitative estimate of drug-likeness (QED) is 0.658. The summed E-state index contributed by atoms with van der Waals surface area (Å²) in [5.41, 5.74) is 3.11. The van der Waals surface area contributed by atoms with Crippen molar-refractivity contribution in [3.8, 4) is 0 Å². The summed E-state index contributed by atoms with van der Waals surface area (Å²) in [5.74, 6) is 0. The van der Waals surface area contributed by atoms with Crippen LogP contribution in [0.1, 0.15) is 25.0 Å². The molecule has 0 aliphatic heterocycles. The highest BCUT2D eigenvalue weighted by Gasteiger charge is 2.20. The van der Waals surface area contributed by atoms with Gasteiger partial charge in [0.2, 0.25) is 0 Å². The SMILES string of the molecule is Cc1ccc([N+](=O)[O-])cc1NCC(C)(C)c1ccccc1. The maximum atomic E-state index is 10.9. The Hall–Kier alpha value is -2.36. The van der Waals surface area contributed by atoms with Crippen LogP contribution in [0.2, 0.25) is 0 Å². The molecule has 2 aromatic rings. The molecule has 0 amide bonds. The Morgan fingerprint density at radius 3 is 2.43 bits per heavy atom. The van der Waals surface area contributed by atoms with Crippen LogP contribution in [0, 0.1) is 17.0 Å². The molecule has 0 radical (unpaired) electrons. The first kappa shape index (κ1) is 15.0. The summed E-state index contributed by atoms with van der Waals surface area (Å²) >= 11 is 0. The van der Waals surface area contributed by atoms with Crippen molar-refractivity contribution in [3.05, 3.63) is 69.8 Å². The molecule has 4 nitrogen and oxygen atoms in total. The third-order valence-corrected chi connectivity index (χ3v) is 3.71. The van der Waals surface area contributed by atoms with E-state index in [4.69, 9.17) is 0 Å². The van der Waals surface area contributed by atoms with Crippen molar-refractivity contribution in [1.82, 2.24) is 0 Å². The number of hydrogen-bond donors (Lipinski definition) is 1. The van der Waals surface area contributed by atoms with Gasteiger partial charge in [-0.2, -0.15) is 0 Å². The van der Waals surface area contributed by atoms with E-state index in [-0.39, 0.29) is 16.0 Å². The molecule has 0 atom stereocenters. The number of nitrogens with one attached hydrogen (secondary N) is 1. The van der Waals surface area contributed by atoms with E-state index >= 15 is 0 Å². The van der Waals surface area contributed by atoms with E-state index in [2.05, 4.69) is 31.3 Å². The second kappa shape index (κ2) is 5.95. The average molecular weight is 284 g/mol. The minimum absolute atomic E-state index is 0.0572. The third-order valence-electron chi connectivity index (χ3n) is 3.71. The molecule has 0 bridgehead atoms. The van der Waals surface area contributed by atoms with Gasteiger partial charge < -0.3 is 5.32 Å². The van der Waals surface area contributed by atoms with E-state index < -0.39 is 0 Å². The van der Waals surface area contributed by atoms with Crippen molar-refractivity contribution in [2.24, 2.45) is 0 Å². The van der Waals surface area contributed by atoms with Gasteiger partial charge in [0.15, 0.2) is 0 Å². The van der Waals surface area contributed by atoms with Crippen LogP contribution in [-0.2, 0) is 5.41 Å². The molecule has 0 fully saturated rings. The normalized spacial score (nSPS) is 11.2. The fraction of sp³-hybridized carbons (Fsp3) is 0.294. The van der Waals surface area contributed by atoms with E-state index in [0.717, 1.165) is 11.3 Å². The van der Waals surface area contributed by atoms with E-state index in [1.165, 1.54) is 11.6 Å². The molecule has 0 unspecified atom stereocenters. The lowest BCUT2D eigenvalue weighted by Gasteiger charge is -2.26. The lowest BCUT2D eigenvalue weighted by Crippen LogP contribution is -2.27. The first-order valence-electron chi connectivity index (χ1n) is 6.94. The van der Waals surface area contributed by atoms with Crippen LogP contribution in [0.3, 0.4) is 0 Å². The van der Waals surface area contributed by atoms with Crippen LogP contribution < -0.4 is 5.32 Å². The van der Waals surface area contributed by atoms with E-state index in [9.17, 15) is 10.1 Å². The van der Waals surface area contributed by atoms with Crippen molar-refractivity contribution in [1.29, 1.82) is 0 Å². The van der Waals surface area contributed by atoms with Gasteiger partial charge in [0.25, 0.3) is 5.69 Å². The second-order valence-electron chi connectivity index (χ2n) is 5.86. The lowest BCUT2D eigenvalue weighted by molar-refractivity contribution is -0.384. The molecule has 0 aliphatic carbocycles. The Kier molecular flexibility index (Phi) is 4.26. The number of nitrogens with zero attached hydrogens (tertiary/aromatic N) is 1. The lowest BCUT2D eigenvalue weighted by atomic mass is 9.84. The highest BCUT2D eigenvalue weighted by atomic mass is 16.6. The predicted octanol–water partition coefficient (Wildman–Crippen LogP) is 4.29. The van der Waals surface area contributed by atoms with Gasteiger partial charge in [-0.3, -0.25) is 10.1 Å². The zero-order valence-electron chi connectivity index (χ0n) is 12.6. The van der Waals surface area contributed by atoms with Crippen molar-refractivity contribution < 1.29 is 4.92 Å². The summed E-state index contributed by atoms with van der Waals surface area (Å²) in [5, 5.41) is 14.2. The zero-order valence-corrected chi connectivity index (χ0v) is 12.6. The monoisotopic (exact) mass is 284 g/mol. The summed E-state index contributed by atoms with van der Waals surface area (Å²) in [6, 6.07) is 15.1. The molecule has 1 N–H and O–H groups in total. The number of aryl methyl sites for hydroxylation is 1. The number of anilines is 1. The average Bonchev–Trinajstić information content (AvgIpc) is 2.47. The summed E-state index contributed by atoms with van der Waals surface area (Å²) in [4.78, 5) is 10.5. The zero-order chi connectivity index (χ0) is 15.5. The number of rotatable bonds is 5. The maximum Gasteiger partial charge on any atom is 0.271 e. The predicted molar refractivity (Wildman–Crippen MR) is 85.8 cm³/mol. The van der Waals surface area contributed by atoms with Gasteiger partial charge in [-0.1, -0.05) is 50.2 Å². The number of benzene rings is 2. The fourth-order valence-electron chi connectivity index (χ4n) is 2.22. The molecule has 0 spiro atoms. The minimum Gasteiger partial charge on any atom is -0.384 e. The number of hydrogen-bond acceptors (Lipinski definition) is 3. The molecule has 0 saturated heterocycles. The van der Waals surface area contributed by atoms with Crippen LogP contribution in [0.25, 0.3) is 0 Å². The van der Waals surface area contributed by atoms with Crippen molar-refractivity contribution >= 4 is 11.4 Å². The molecular formula is C17H20N2O2. The molecule has 21 heavy (non-hydrogen) atoms. The summed E-state index contributed by atoms with van der Waals surface area (Å²) in [7, 11) is 0. The Bertz CT molecular complexity index is 636. The van der Waals surface area contributed by atoms with Crippen LogP contribution in [-0.4, -0.2) is 11.5 Å². The largest absolute Gasteiger partial charge is 0.384 e. The van der Waals surface area contributed by atoms with Gasteiger partial charge in [-0.05, 0) is 18.1 Å². The Morgan fingerprint density at radius 2 is 1.81 bits per heavy atom. The molecule has 4 heteroatoms. The summed E-state index contributed by atoms with van der Waals surface area (Å²) in [6.07, 6.45) is 0. The Morgan fingerprint density at radius 1 is 1.14 bits per heavy atom. The highest BCUT2D eigenvalue weighted by molar-refractivity contribution is 5.57. The first-order chi connectivity index (χ1) is 9.90. The number of nitro groups is 1. The van der Waals surface area contributed by atoms with E-state index in [0.29, 0.717) is 6.54 Å². The molecule has 0 aromatic heterocycles. The van der Waals surface area contributed by atoms with Crippen LogP contribution >= 0.6 is 0 Å². The molecule has 2 rings (SSSR count). The fourth-order valence-corrected chi connectivity index (χ4v) is 2.22. The molecule has 0 aliphatic rings. The van der Waals surface area contributed by atoms with E-state index in [1.54, 1.807) is 12.1 Å². The molecule has 0 saturated carbocycles. The van der Waals surface area contributed by atoms with Crippen molar-refractivity contribution in [3.63, 3.8) is 0 Å². The second-order valence-corrected chi connectivity index (χ2v) is 5.86. The van der Waals surface area contributed by atoms with Crippen LogP contribution in [0.5, 0.6) is 0 Å². The van der Waals surface area contributed by atoms with Gasteiger partial charge in [0.05, 0.1) is 4.92 Å². The topological polar surface area (TPSA) is 55.2 Å². The van der Waals surface area contributed by atoms with Gasteiger partial charge in [0.1, 0.15) is 0 Å². The van der Waals surface area contributed by atoms with Crippen molar-refractivity contribution in [2.75, 3.05) is 11.9 Å². The smallest absolute Gasteiger partial charge is 0.271 e. The van der Waals surface area contributed by atoms with Gasteiger partial charge in [0, 0.05) is 29.8 Å². The van der Waals surface area contributed by atoms with Gasteiger partial charge in [-0.25, -0.2) is 0 Å². The molecule has 2 aromatic carbocycles. The summed E-state index contributed by atoms with van der Waals surface area (Å²) in [6.45, 7) is 6.96. The maximum absolute atomic E-state index is 10.9. The number of non-ortho nitro benzene ring substituents is 1. The first-order valence-corrected chi connectivity index (χ1v) is 6.94. The molecule has 110 valence electrons. The summed E-state index contributed by atoms with van der Waals surface area (Å²) < 4.78 is 0. The highest BCUT2D eigenvalue weighted by Crippen LogP contribution is 2.26. The third kappa shape index (κ3) is 3.60. The Balaban J connectivity index is 2.16. The van der Waals surface area contributed by atoms with Gasteiger partial charge in [-0.15, -0.1) is 0 Å². The molecule has 0 heterocycles. The minimum atomic E-state index is -0.368. The van der Waals surface area contributed by atoms with Gasteiger partial charge >= 0.3 is 0 Å². The van der Waals surface area contributed by atoms with Crippen LogP contribution in [0.4, 0.5) is 11.4 Å². The van der Waals surface area contributed by atoms with E-state index in [1.807, 2.05) is 25.1 Å².